The van der Waals surface area contributed by atoms with Gasteiger partial charge in [0.1, 0.15) is 23.6 Å². The maximum absolute atomic E-state index is 14.2. The number of carbonyl (C=O) groups excluding carboxylic acids is 4. The SMILES string of the molecule is CN1CCC(C(=O)N[C@H]2Cc3cccc(c3)Oc3cccc(c3)C[C@@H](C(=O)CCc3cnn(C)c3)NC(=O)[C@H](CCc3ccccc3)NC2=O)CC1. The minimum absolute atomic E-state index is 0.131. The van der Waals surface area contributed by atoms with Gasteiger partial charge in [-0.1, -0.05) is 54.6 Å². The normalized spacial score (nSPS) is 20.3. The number of ketones is 1. The van der Waals surface area contributed by atoms with E-state index >= 15 is 0 Å². The maximum Gasteiger partial charge on any atom is 0.243 e. The summed E-state index contributed by atoms with van der Waals surface area (Å²) in [5.74, 6) is -0.253. The molecule has 0 unspecified atom stereocenters. The summed E-state index contributed by atoms with van der Waals surface area (Å²) in [5, 5.41) is 13.3. The summed E-state index contributed by atoms with van der Waals surface area (Å²) in [6.45, 7) is 1.61. The molecule has 1 saturated heterocycles. The van der Waals surface area contributed by atoms with Gasteiger partial charge in [-0.3, -0.25) is 23.9 Å². The lowest BCUT2D eigenvalue weighted by Gasteiger charge is -2.30. The summed E-state index contributed by atoms with van der Waals surface area (Å²) in [4.78, 5) is 58.1. The molecule has 0 spiro atoms. The van der Waals surface area contributed by atoms with Crippen molar-refractivity contribution in [1.29, 1.82) is 0 Å². The molecule has 11 heteroatoms. The molecule has 1 fully saturated rings. The average molecular weight is 705 g/mol. The standard InChI is InChI=1S/C41H48N6O5/c1-46-20-18-32(19-21-46)39(49)45-37-25-30-11-7-13-34(23-30)52-33-12-6-10-29(22-33)24-36(38(48)17-15-31-26-42-47(2)27-31)44-40(50)35(43-41(37)51)16-14-28-8-4-3-5-9-28/h3-13,22-23,26-27,32,35-37H,14-21,24-25H2,1-2H3,(H,43,51)(H,44,50)(H,45,49)/t35-,36-,37-/m0/s1. The van der Waals surface area contributed by atoms with E-state index in [0.29, 0.717) is 43.6 Å². The molecule has 3 N–H and O–H groups in total. The minimum atomic E-state index is -0.960. The van der Waals surface area contributed by atoms with Gasteiger partial charge in [0.25, 0.3) is 0 Å². The maximum atomic E-state index is 14.2. The van der Waals surface area contributed by atoms with Gasteiger partial charge in [0.2, 0.25) is 17.7 Å². The van der Waals surface area contributed by atoms with Gasteiger partial charge in [-0.25, -0.2) is 0 Å². The van der Waals surface area contributed by atoms with E-state index in [-0.39, 0.29) is 36.9 Å². The van der Waals surface area contributed by atoms with Crippen molar-refractivity contribution in [3.63, 3.8) is 0 Å². The average Bonchev–Trinajstić information content (AvgIpc) is 3.57. The summed E-state index contributed by atoms with van der Waals surface area (Å²) in [6, 6.07) is 22.0. The molecule has 2 aliphatic rings. The molecule has 4 bridgehead atoms. The number of rotatable bonds is 9. The quantitative estimate of drug-likeness (QED) is 0.240. The largest absolute Gasteiger partial charge is 0.457 e. The van der Waals surface area contributed by atoms with Crippen LogP contribution in [0.5, 0.6) is 11.5 Å². The van der Waals surface area contributed by atoms with E-state index in [1.807, 2.05) is 99.2 Å². The molecule has 11 nitrogen and oxygen atoms in total. The summed E-state index contributed by atoms with van der Waals surface area (Å²) in [7, 11) is 3.86. The highest BCUT2D eigenvalue weighted by Crippen LogP contribution is 2.25. The lowest BCUT2D eigenvalue weighted by Crippen LogP contribution is -2.57. The Balaban J connectivity index is 1.31. The van der Waals surface area contributed by atoms with E-state index in [0.717, 1.165) is 35.3 Å². The predicted molar refractivity (Wildman–Crippen MR) is 198 cm³/mol. The zero-order chi connectivity index (χ0) is 36.5. The molecule has 0 radical (unpaired) electrons. The molecule has 3 heterocycles. The Kier molecular flexibility index (Phi) is 12.1. The van der Waals surface area contributed by atoms with Crippen LogP contribution in [0, 0.1) is 5.92 Å². The van der Waals surface area contributed by atoms with Crippen LogP contribution in [0.3, 0.4) is 0 Å². The second-order valence-corrected chi connectivity index (χ2v) is 14.1. The third kappa shape index (κ3) is 10.2. The third-order valence-electron chi connectivity index (χ3n) is 9.96. The zero-order valence-electron chi connectivity index (χ0n) is 29.9. The Morgan fingerprint density at radius 3 is 2.19 bits per heavy atom. The number of Topliss-reactive ketones (excluding diaryl/α,β-unsaturated/α-hetero) is 1. The molecule has 2 aliphatic heterocycles. The molecule has 0 aliphatic carbocycles. The van der Waals surface area contributed by atoms with E-state index in [1.165, 1.54) is 0 Å². The Bertz CT molecular complexity index is 1850. The number of fused-ring (bicyclic) bond motifs is 4. The third-order valence-corrected chi connectivity index (χ3v) is 9.96. The first-order valence-electron chi connectivity index (χ1n) is 18.2. The number of carbonyl (C=O) groups is 4. The van der Waals surface area contributed by atoms with Crippen LogP contribution < -0.4 is 20.7 Å². The van der Waals surface area contributed by atoms with Crippen LogP contribution >= 0.6 is 0 Å². The molecule has 3 atom stereocenters. The number of hydrogen-bond acceptors (Lipinski definition) is 7. The van der Waals surface area contributed by atoms with E-state index < -0.39 is 29.9 Å². The van der Waals surface area contributed by atoms with Gasteiger partial charge in [-0.05, 0) is 105 Å². The molecule has 4 aromatic rings. The first kappa shape index (κ1) is 36.5. The Labute approximate surface area is 305 Å². The molecule has 0 saturated carbocycles. The van der Waals surface area contributed by atoms with Crippen LogP contribution in [0.25, 0.3) is 0 Å². The highest BCUT2D eigenvalue weighted by Gasteiger charge is 2.32. The summed E-state index contributed by atoms with van der Waals surface area (Å²) >= 11 is 0. The van der Waals surface area contributed by atoms with Crippen molar-refractivity contribution in [1.82, 2.24) is 30.6 Å². The topological polar surface area (TPSA) is 135 Å². The van der Waals surface area contributed by atoms with Crippen LogP contribution in [-0.4, -0.2) is 76.4 Å². The Morgan fingerprint density at radius 1 is 0.827 bits per heavy atom. The van der Waals surface area contributed by atoms with E-state index in [1.54, 1.807) is 10.9 Å². The number of likely N-dealkylation sites (tertiary alicyclic amines) is 1. The number of aryl methyl sites for hydroxylation is 3. The van der Waals surface area contributed by atoms with E-state index in [2.05, 4.69) is 25.9 Å². The number of nitrogens with one attached hydrogen (secondary N) is 3. The molecule has 6 rings (SSSR count). The number of amides is 3. The monoisotopic (exact) mass is 704 g/mol. The number of hydrogen-bond donors (Lipinski definition) is 3. The second kappa shape index (κ2) is 17.3. The number of nitrogens with zero attached hydrogens (tertiary/aromatic N) is 3. The van der Waals surface area contributed by atoms with Gasteiger partial charge in [0.05, 0.1) is 12.2 Å². The van der Waals surface area contributed by atoms with Crippen LogP contribution in [0.1, 0.15) is 47.9 Å². The number of ether oxygens (including phenoxy) is 1. The van der Waals surface area contributed by atoms with E-state index in [4.69, 9.17) is 4.74 Å². The fraction of sp³-hybridized carbons (Fsp3) is 0.390. The highest BCUT2D eigenvalue weighted by molar-refractivity contribution is 5.95. The second-order valence-electron chi connectivity index (χ2n) is 14.1. The first-order chi connectivity index (χ1) is 25.2. The van der Waals surface area contributed by atoms with Crippen molar-refractivity contribution in [2.24, 2.45) is 13.0 Å². The highest BCUT2D eigenvalue weighted by atomic mass is 16.5. The van der Waals surface area contributed by atoms with Gasteiger partial charge in [0, 0.05) is 32.0 Å². The van der Waals surface area contributed by atoms with Gasteiger partial charge < -0.3 is 25.6 Å². The van der Waals surface area contributed by atoms with Crippen LogP contribution in [0.4, 0.5) is 0 Å². The van der Waals surface area contributed by atoms with Crippen molar-refractivity contribution in [2.45, 2.75) is 69.5 Å². The molecule has 1 aromatic heterocycles. The van der Waals surface area contributed by atoms with Crippen molar-refractivity contribution in [3.05, 3.63) is 114 Å². The molecular weight excluding hydrogens is 656 g/mol. The van der Waals surface area contributed by atoms with Crippen molar-refractivity contribution in [2.75, 3.05) is 20.1 Å². The van der Waals surface area contributed by atoms with Crippen LogP contribution in [-0.2, 0) is 51.9 Å². The molecule has 3 amide bonds. The Hall–Kier alpha value is -5.29. The van der Waals surface area contributed by atoms with Crippen molar-refractivity contribution in [3.8, 4) is 11.5 Å². The fourth-order valence-corrected chi connectivity index (χ4v) is 6.91. The summed E-state index contributed by atoms with van der Waals surface area (Å²) < 4.78 is 7.94. The molecular formula is C41H48N6O5. The first-order valence-corrected chi connectivity index (χ1v) is 18.2. The van der Waals surface area contributed by atoms with Crippen LogP contribution in [0.15, 0.2) is 91.3 Å². The summed E-state index contributed by atoms with van der Waals surface area (Å²) in [5.41, 5.74) is 3.56. The predicted octanol–water partition coefficient (Wildman–Crippen LogP) is 3.94. The summed E-state index contributed by atoms with van der Waals surface area (Å²) in [6.07, 6.45) is 6.95. The molecule has 272 valence electrons. The van der Waals surface area contributed by atoms with Gasteiger partial charge >= 0.3 is 0 Å². The number of benzene rings is 3. The smallest absolute Gasteiger partial charge is 0.243 e. The number of aromatic nitrogens is 2. The van der Waals surface area contributed by atoms with Crippen LogP contribution in [0.2, 0.25) is 0 Å². The number of piperidine rings is 1. The van der Waals surface area contributed by atoms with Crippen molar-refractivity contribution < 1.29 is 23.9 Å². The lowest BCUT2D eigenvalue weighted by atomic mass is 9.95. The van der Waals surface area contributed by atoms with Gasteiger partial charge in [-0.15, -0.1) is 0 Å². The zero-order valence-corrected chi connectivity index (χ0v) is 29.9. The molecule has 3 aromatic carbocycles. The van der Waals surface area contributed by atoms with Gasteiger partial charge in [0.15, 0.2) is 5.78 Å². The van der Waals surface area contributed by atoms with Crippen molar-refractivity contribution >= 4 is 23.5 Å². The lowest BCUT2D eigenvalue weighted by molar-refractivity contribution is -0.134. The van der Waals surface area contributed by atoms with E-state index in [9.17, 15) is 19.2 Å². The van der Waals surface area contributed by atoms with Gasteiger partial charge in [-0.2, -0.15) is 5.10 Å². The molecule has 52 heavy (non-hydrogen) atoms. The minimum Gasteiger partial charge on any atom is -0.457 e. The Morgan fingerprint density at radius 2 is 1.52 bits per heavy atom. The fourth-order valence-electron chi connectivity index (χ4n) is 6.91.